The standard InChI is InChI=1S/C5H4Cl2O/c1-2-3-4(8)5(6)7/h3,5H,1H2. The van der Waals surface area contributed by atoms with Gasteiger partial charge in [0.2, 0.25) is 0 Å². The summed E-state index contributed by atoms with van der Waals surface area (Å²) in [6.45, 7) is 3.16. The van der Waals surface area contributed by atoms with Crippen molar-refractivity contribution in [2.45, 2.75) is 4.84 Å². The maximum atomic E-state index is 10.3. The molecule has 0 spiro atoms. The van der Waals surface area contributed by atoms with Crippen LogP contribution in [0.3, 0.4) is 0 Å². The van der Waals surface area contributed by atoms with Gasteiger partial charge in [0.1, 0.15) is 0 Å². The summed E-state index contributed by atoms with van der Waals surface area (Å²) in [5, 5.41) is 0. The van der Waals surface area contributed by atoms with Crippen molar-refractivity contribution in [2.24, 2.45) is 0 Å². The van der Waals surface area contributed by atoms with Crippen LogP contribution in [-0.4, -0.2) is 10.6 Å². The van der Waals surface area contributed by atoms with E-state index in [0.29, 0.717) is 0 Å². The molecule has 8 heavy (non-hydrogen) atoms. The minimum absolute atomic E-state index is 0.386. The maximum Gasteiger partial charge on any atom is 0.196 e. The normalized spacial score (nSPS) is 8.38. The highest BCUT2D eigenvalue weighted by molar-refractivity contribution is 6.54. The summed E-state index contributed by atoms with van der Waals surface area (Å²) in [5.74, 6) is -0.386. The third-order valence-electron chi connectivity index (χ3n) is 0.459. The van der Waals surface area contributed by atoms with E-state index in [0.717, 1.165) is 6.08 Å². The number of rotatable bonds is 2. The van der Waals surface area contributed by atoms with Gasteiger partial charge in [-0.15, -0.1) is 5.73 Å². The van der Waals surface area contributed by atoms with Gasteiger partial charge in [-0.05, 0) is 0 Å². The van der Waals surface area contributed by atoms with Crippen LogP contribution in [0.15, 0.2) is 18.4 Å². The number of hydrogen-bond acceptors (Lipinski definition) is 1. The van der Waals surface area contributed by atoms with Gasteiger partial charge in [0, 0.05) is 6.08 Å². The number of halogens is 2. The van der Waals surface area contributed by atoms with Crippen molar-refractivity contribution >= 4 is 29.0 Å². The lowest BCUT2D eigenvalue weighted by molar-refractivity contribution is -0.113. The van der Waals surface area contributed by atoms with Gasteiger partial charge < -0.3 is 0 Å². The van der Waals surface area contributed by atoms with E-state index in [1.165, 1.54) is 0 Å². The Morgan fingerprint density at radius 2 is 2.25 bits per heavy atom. The lowest BCUT2D eigenvalue weighted by atomic mass is 10.4. The monoisotopic (exact) mass is 150 g/mol. The molecule has 0 aromatic heterocycles. The van der Waals surface area contributed by atoms with Crippen LogP contribution in [0.4, 0.5) is 0 Å². The van der Waals surface area contributed by atoms with Crippen molar-refractivity contribution in [1.82, 2.24) is 0 Å². The summed E-state index contributed by atoms with van der Waals surface area (Å²) in [7, 11) is 0. The number of allylic oxidation sites excluding steroid dienone is 1. The molecule has 0 aliphatic carbocycles. The molecule has 0 aromatic carbocycles. The van der Waals surface area contributed by atoms with Gasteiger partial charge in [0.25, 0.3) is 0 Å². The van der Waals surface area contributed by atoms with Crippen LogP contribution in [0.2, 0.25) is 0 Å². The first-order valence-electron chi connectivity index (χ1n) is 1.86. The number of carbonyl (C=O) groups is 1. The molecule has 0 saturated carbocycles. The predicted molar refractivity (Wildman–Crippen MR) is 34.2 cm³/mol. The molecule has 0 saturated heterocycles. The van der Waals surface area contributed by atoms with E-state index in [9.17, 15) is 4.79 Å². The minimum Gasteiger partial charge on any atom is -0.291 e. The van der Waals surface area contributed by atoms with E-state index in [2.05, 4.69) is 12.3 Å². The molecule has 0 aromatic rings. The summed E-state index contributed by atoms with van der Waals surface area (Å²) in [4.78, 5) is 9.34. The van der Waals surface area contributed by atoms with Gasteiger partial charge in [0.15, 0.2) is 10.6 Å². The summed E-state index contributed by atoms with van der Waals surface area (Å²) >= 11 is 10.2. The predicted octanol–water partition coefficient (Wildman–Crippen LogP) is 1.70. The number of hydrogen-bond donors (Lipinski definition) is 0. The molecular weight excluding hydrogens is 147 g/mol. The zero-order valence-electron chi connectivity index (χ0n) is 4.03. The van der Waals surface area contributed by atoms with Gasteiger partial charge in [-0.2, -0.15) is 0 Å². The summed E-state index contributed by atoms with van der Waals surface area (Å²) < 4.78 is 0. The first-order valence-corrected chi connectivity index (χ1v) is 2.73. The molecule has 0 N–H and O–H groups in total. The molecule has 44 valence electrons. The Hall–Kier alpha value is -0.230. The average Bonchev–Trinajstić information content (AvgIpc) is 1.67. The Morgan fingerprint density at radius 3 is 2.38 bits per heavy atom. The summed E-state index contributed by atoms with van der Waals surface area (Å²) in [6, 6.07) is 0. The zero-order valence-corrected chi connectivity index (χ0v) is 5.54. The van der Waals surface area contributed by atoms with Crippen LogP contribution >= 0.6 is 23.2 Å². The first-order chi connectivity index (χ1) is 3.68. The summed E-state index contributed by atoms with van der Waals surface area (Å²) in [6.07, 6.45) is 1.10. The average molecular weight is 151 g/mol. The molecule has 0 bridgehead atoms. The molecular formula is C5H4Cl2O. The fraction of sp³-hybridized carbons (Fsp3) is 0.200. The highest BCUT2D eigenvalue weighted by atomic mass is 35.5. The topological polar surface area (TPSA) is 17.1 Å². The van der Waals surface area contributed by atoms with Crippen LogP contribution in [0.25, 0.3) is 0 Å². The molecule has 0 rings (SSSR count). The Balaban J connectivity index is 3.84. The second-order valence-corrected chi connectivity index (χ2v) is 2.15. The molecule has 3 heteroatoms. The highest BCUT2D eigenvalue weighted by Gasteiger charge is 2.05. The quantitative estimate of drug-likeness (QED) is 0.333. The van der Waals surface area contributed by atoms with Gasteiger partial charge in [-0.1, -0.05) is 29.8 Å². The second kappa shape index (κ2) is 3.73. The Labute approximate surface area is 57.6 Å². The fourth-order valence-electron chi connectivity index (χ4n) is 0.164. The minimum atomic E-state index is -0.982. The molecule has 0 unspecified atom stereocenters. The van der Waals surface area contributed by atoms with Crippen molar-refractivity contribution < 1.29 is 4.79 Å². The van der Waals surface area contributed by atoms with Gasteiger partial charge in [0.05, 0.1) is 0 Å². The number of ketones is 1. The van der Waals surface area contributed by atoms with E-state index in [1.807, 2.05) is 0 Å². The third kappa shape index (κ3) is 2.86. The molecule has 0 fully saturated rings. The van der Waals surface area contributed by atoms with Crippen molar-refractivity contribution in [3.63, 3.8) is 0 Å². The second-order valence-electron chi connectivity index (χ2n) is 1.05. The number of alkyl halides is 2. The largest absolute Gasteiger partial charge is 0.291 e. The number of carbonyl (C=O) groups excluding carboxylic acids is 1. The van der Waals surface area contributed by atoms with Gasteiger partial charge in [-0.25, -0.2) is 0 Å². The molecule has 0 atom stereocenters. The van der Waals surface area contributed by atoms with Crippen molar-refractivity contribution in [2.75, 3.05) is 0 Å². The lowest BCUT2D eigenvalue weighted by Gasteiger charge is -1.87. The van der Waals surface area contributed by atoms with E-state index < -0.39 is 4.84 Å². The first kappa shape index (κ1) is 7.77. The maximum absolute atomic E-state index is 10.3. The van der Waals surface area contributed by atoms with Crippen LogP contribution in [-0.2, 0) is 4.79 Å². The molecule has 0 radical (unpaired) electrons. The SMILES string of the molecule is C=C=CC(=O)C(Cl)Cl. The Kier molecular flexibility index (Phi) is 3.63. The van der Waals surface area contributed by atoms with E-state index in [-0.39, 0.29) is 5.78 Å². The van der Waals surface area contributed by atoms with E-state index >= 15 is 0 Å². The Bertz CT molecular complexity index is 133. The fourth-order valence-corrected chi connectivity index (χ4v) is 0.290. The molecule has 0 aliphatic rings. The van der Waals surface area contributed by atoms with Crippen LogP contribution in [0.5, 0.6) is 0 Å². The van der Waals surface area contributed by atoms with Crippen LogP contribution < -0.4 is 0 Å². The zero-order chi connectivity index (χ0) is 6.57. The van der Waals surface area contributed by atoms with Gasteiger partial charge >= 0.3 is 0 Å². The van der Waals surface area contributed by atoms with Crippen LogP contribution in [0, 0.1) is 0 Å². The van der Waals surface area contributed by atoms with E-state index in [4.69, 9.17) is 23.2 Å². The van der Waals surface area contributed by atoms with Crippen molar-refractivity contribution in [3.05, 3.63) is 18.4 Å². The lowest BCUT2D eigenvalue weighted by Crippen LogP contribution is -2.01. The van der Waals surface area contributed by atoms with Crippen molar-refractivity contribution in [1.29, 1.82) is 0 Å². The summed E-state index contributed by atoms with van der Waals surface area (Å²) in [5.41, 5.74) is 2.26. The smallest absolute Gasteiger partial charge is 0.196 e. The Morgan fingerprint density at radius 1 is 1.75 bits per heavy atom. The van der Waals surface area contributed by atoms with Crippen LogP contribution in [0.1, 0.15) is 0 Å². The molecule has 1 nitrogen and oxygen atoms in total. The van der Waals surface area contributed by atoms with Crippen molar-refractivity contribution in [3.8, 4) is 0 Å². The highest BCUT2D eigenvalue weighted by Crippen LogP contribution is 2.02. The molecule has 0 heterocycles. The van der Waals surface area contributed by atoms with Gasteiger partial charge in [-0.3, -0.25) is 4.79 Å². The third-order valence-corrected chi connectivity index (χ3v) is 0.890. The van der Waals surface area contributed by atoms with E-state index in [1.54, 1.807) is 0 Å². The molecule has 0 amide bonds. The molecule has 0 aliphatic heterocycles.